The maximum Gasteiger partial charge on any atom is 0.139 e. The Labute approximate surface area is 109 Å². The van der Waals surface area contributed by atoms with Crippen LogP contribution in [-0.2, 0) is 16.6 Å². The van der Waals surface area contributed by atoms with E-state index >= 15 is 0 Å². The van der Waals surface area contributed by atoms with Crippen LogP contribution in [0.2, 0.25) is 0 Å². The summed E-state index contributed by atoms with van der Waals surface area (Å²) in [6, 6.07) is 12.2. The lowest BCUT2D eigenvalue weighted by molar-refractivity contribution is 0.595. The molecule has 2 aromatic carbocycles. The van der Waals surface area contributed by atoms with Gasteiger partial charge in [0, 0.05) is 0 Å². The number of hydrogen-bond acceptors (Lipinski definition) is 1. The molecule has 0 radical (unpaired) electrons. The lowest BCUT2D eigenvalue weighted by Crippen LogP contribution is -2.02. The zero-order valence-corrected chi connectivity index (χ0v) is 11.3. The van der Waals surface area contributed by atoms with E-state index in [1.165, 1.54) is 6.07 Å². The Hall–Kier alpha value is -1.48. The first-order valence-electron chi connectivity index (χ1n) is 5.77. The van der Waals surface area contributed by atoms with Crippen LogP contribution in [0.25, 0.3) is 0 Å². The molecular weight excluding hydrogens is 247 g/mol. The summed E-state index contributed by atoms with van der Waals surface area (Å²) in [6.45, 7) is 3.97. The summed E-state index contributed by atoms with van der Waals surface area (Å²) < 4.78 is 25.8. The molecule has 2 rings (SSSR count). The highest BCUT2D eigenvalue weighted by Crippen LogP contribution is 2.20. The van der Waals surface area contributed by atoms with Gasteiger partial charge in [-0.15, -0.1) is 0 Å². The van der Waals surface area contributed by atoms with E-state index in [0.717, 1.165) is 16.7 Å². The summed E-state index contributed by atoms with van der Waals surface area (Å²) in [5.41, 5.74) is 3.23. The summed E-state index contributed by atoms with van der Waals surface area (Å²) in [6.07, 6.45) is 0. The Kier molecular flexibility index (Phi) is 3.92. The van der Waals surface area contributed by atoms with E-state index in [4.69, 9.17) is 0 Å². The average molecular weight is 262 g/mol. The second-order valence-electron chi connectivity index (χ2n) is 4.29. The SMILES string of the molecule is Cc1cccc(C)c1CS(=O)c1ccccc1F. The standard InChI is InChI=1S/C15H15FOS/c1-11-6-5-7-12(2)13(11)10-18(17)15-9-4-3-8-14(15)16/h3-9H,10H2,1-2H3. The highest BCUT2D eigenvalue weighted by Gasteiger charge is 2.12. The van der Waals surface area contributed by atoms with Gasteiger partial charge in [-0.05, 0) is 42.7 Å². The van der Waals surface area contributed by atoms with Crippen LogP contribution in [0.3, 0.4) is 0 Å². The zero-order chi connectivity index (χ0) is 13.1. The Bertz CT molecular complexity index is 573. The van der Waals surface area contributed by atoms with Crippen molar-refractivity contribution < 1.29 is 8.60 Å². The zero-order valence-electron chi connectivity index (χ0n) is 10.4. The van der Waals surface area contributed by atoms with Crippen LogP contribution >= 0.6 is 0 Å². The van der Waals surface area contributed by atoms with Gasteiger partial charge in [-0.3, -0.25) is 4.21 Å². The lowest BCUT2D eigenvalue weighted by atomic mass is 10.1. The highest BCUT2D eigenvalue weighted by atomic mass is 32.2. The first kappa shape index (κ1) is 13.0. The molecule has 0 heterocycles. The van der Waals surface area contributed by atoms with Gasteiger partial charge in [0.05, 0.1) is 21.4 Å². The molecule has 0 saturated heterocycles. The number of aryl methyl sites for hydroxylation is 2. The van der Waals surface area contributed by atoms with Crippen molar-refractivity contribution in [2.75, 3.05) is 0 Å². The fraction of sp³-hybridized carbons (Fsp3) is 0.200. The third-order valence-electron chi connectivity index (χ3n) is 3.00. The Morgan fingerprint density at radius 1 is 1.00 bits per heavy atom. The number of rotatable bonds is 3. The van der Waals surface area contributed by atoms with E-state index in [-0.39, 0.29) is 4.90 Å². The van der Waals surface area contributed by atoms with Crippen LogP contribution in [0.4, 0.5) is 4.39 Å². The minimum Gasteiger partial charge on any atom is -0.254 e. The minimum absolute atomic E-state index is 0.278. The van der Waals surface area contributed by atoms with Gasteiger partial charge >= 0.3 is 0 Å². The summed E-state index contributed by atoms with van der Waals surface area (Å²) in [4.78, 5) is 0.278. The fourth-order valence-corrected chi connectivity index (χ4v) is 3.30. The lowest BCUT2D eigenvalue weighted by Gasteiger charge is -2.09. The van der Waals surface area contributed by atoms with Gasteiger partial charge in [-0.1, -0.05) is 30.3 Å². The molecule has 18 heavy (non-hydrogen) atoms. The van der Waals surface area contributed by atoms with E-state index in [1.54, 1.807) is 18.2 Å². The van der Waals surface area contributed by atoms with Crippen LogP contribution in [0, 0.1) is 19.7 Å². The van der Waals surface area contributed by atoms with Crippen molar-refractivity contribution >= 4 is 10.8 Å². The summed E-state index contributed by atoms with van der Waals surface area (Å²) in [5.74, 6) is -0.0403. The van der Waals surface area contributed by atoms with Gasteiger partial charge in [0.25, 0.3) is 0 Å². The molecular formula is C15H15FOS. The van der Waals surface area contributed by atoms with Gasteiger partial charge in [0.1, 0.15) is 5.82 Å². The summed E-state index contributed by atoms with van der Waals surface area (Å²) in [7, 11) is -1.34. The fourth-order valence-electron chi connectivity index (χ4n) is 1.91. The molecule has 0 bridgehead atoms. The van der Waals surface area contributed by atoms with Crippen molar-refractivity contribution in [1.29, 1.82) is 0 Å². The third-order valence-corrected chi connectivity index (χ3v) is 4.37. The number of hydrogen-bond donors (Lipinski definition) is 0. The van der Waals surface area contributed by atoms with Crippen LogP contribution in [0.5, 0.6) is 0 Å². The molecule has 94 valence electrons. The van der Waals surface area contributed by atoms with Crippen LogP contribution in [0.15, 0.2) is 47.4 Å². The first-order valence-corrected chi connectivity index (χ1v) is 7.09. The highest BCUT2D eigenvalue weighted by molar-refractivity contribution is 7.84. The Morgan fingerprint density at radius 3 is 2.22 bits per heavy atom. The third kappa shape index (κ3) is 2.67. The predicted molar refractivity (Wildman–Crippen MR) is 72.4 cm³/mol. The molecule has 1 nitrogen and oxygen atoms in total. The topological polar surface area (TPSA) is 17.1 Å². The summed E-state index contributed by atoms with van der Waals surface area (Å²) >= 11 is 0. The number of benzene rings is 2. The average Bonchev–Trinajstić information content (AvgIpc) is 2.34. The molecule has 0 saturated carbocycles. The smallest absolute Gasteiger partial charge is 0.139 e. The summed E-state index contributed by atoms with van der Waals surface area (Å²) in [5, 5.41) is 0. The van der Waals surface area contributed by atoms with E-state index in [1.807, 2.05) is 32.0 Å². The largest absolute Gasteiger partial charge is 0.254 e. The van der Waals surface area contributed by atoms with E-state index < -0.39 is 16.6 Å². The molecule has 1 atom stereocenters. The van der Waals surface area contributed by atoms with Crippen molar-refractivity contribution in [3.63, 3.8) is 0 Å². The van der Waals surface area contributed by atoms with Crippen molar-refractivity contribution in [2.24, 2.45) is 0 Å². The maximum absolute atomic E-state index is 13.6. The van der Waals surface area contributed by atoms with E-state index in [2.05, 4.69) is 0 Å². The molecule has 0 aliphatic carbocycles. The molecule has 0 spiro atoms. The quantitative estimate of drug-likeness (QED) is 0.823. The van der Waals surface area contributed by atoms with Crippen LogP contribution in [0.1, 0.15) is 16.7 Å². The molecule has 3 heteroatoms. The molecule has 0 aromatic heterocycles. The Balaban J connectivity index is 2.30. The van der Waals surface area contributed by atoms with Crippen molar-refractivity contribution in [3.05, 3.63) is 65.0 Å². The molecule has 0 N–H and O–H groups in total. The van der Waals surface area contributed by atoms with Gasteiger partial charge in [-0.25, -0.2) is 4.39 Å². The minimum atomic E-state index is -1.34. The van der Waals surface area contributed by atoms with Gasteiger partial charge in [0.15, 0.2) is 0 Å². The monoisotopic (exact) mass is 262 g/mol. The molecule has 1 unspecified atom stereocenters. The predicted octanol–water partition coefficient (Wildman–Crippen LogP) is 3.75. The molecule has 0 fully saturated rings. The van der Waals surface area contributed by atoms with Crippen molar-refractivity contribution in [3.8, 4) is 0 Å². The molecule has 2 aromatic rings. The number of halogens is 1. The van der Waals surface area contributed by atoms with Crippen LogP contribution in [-0.4, -0.2) is 4.21 Å². The normalized spacial score (nSPS) is 12.4. The first-order chi connectivity index (χ1) is 8.59. The van der Waals surface area contributed by atoms with E-state index in [9.17, 15) is 8.60 Å². The van der Waals surface area contributed by atoms with Gasteiger partial charge in [0.2, 0.25) is 0 Å². The van der Waals surface area contributed by atoms with Crippen molar-refractivity contribution in [1.82, 2.24) is 0 Å². The second-order valence-corrected chi connectivity index (χ2v) is 5.71. The Morgan fingerprint density at radius 2 is 1.61 bits per heavy atom. The van der Waals surface area contributed by atoms with Gasteiger partial charge in [-0.2, -0.15) is 0 Å². The second kappa shape index (κ2) is 5.44. The molecule has 0 aliphatic heterocycles. The maximum atomic E-state index is 13.6. The van der Waals surface area contributed by atoms with Crippen LogP contribution < -0.4 is 0 Å². The molecule has 0 amide bonds. The van der Waals surface area contributed by atoms with Gasteiger partial charge < -0.3 is 0 Å². The van der Waals surface area contributed by atoms with E-state index in [0.29, 0.717) is 5.75 Å². The molecule has 0 aliphatic rings. The van der Waals surface area contributed by atoms with Crippen molar-refractivity contribution in [2.45, 2.75) is 24.5 Å².